The van der Waals surface area contributed by atoms with Crippen LogP contribution in [0.25, 0.3) is 16.9 Å². The number of unbranched alkanes of at least 4 members (excludes halogenated alkanes) is 1. The van der Waals surface area contributed by atoms with Crippen LogP contribution in [0.4, 0.5) is 0 Å². The van der Waals surface area contributed by atoms with Crippen molar-refractivity contribution in [3.8, 4) is 16.9 Å². The second kappa shape index (κ2) is 7.59. The van der Waals surface area contributed by atoms with Gasteiger partial charge in [-0.05, 0) is 24.6 Å². The second-order valence-corrected chi connectivity index (χ2v) is 5.64. The van der Waals surface area contributed by atoms with Gasteiger partial charge in [0.2, 0.25) is 0 Å². The van der Waals surface area contributed by atoms with Crippen molar-refractivity contribution < 1.29 is 4.79 Å². The first-order chi connectivity index (χ1) is 11.8. The average Bonchev–Trinajstić information content (AvgIpc) is 3.09. The number of hydrogen-bond donors (Lipinski definition) is 1. The van der Waals surface area contributed by atoms with E-state index < -0.39 is 0 Å². The minimum absolute atomic E-state index is 0.0954. The van der Waals surface area contributed by atoms with Gasteiger partial charge in [0.15, 0.2) is 0 Å². The smallest absolute Gasteiger partial charge is 0.270 e. The molecular formula is C20H21N3O. The van der Waals surface area contributed by atoms with Gasteiger partial charge in [0, 0.05) is 12.1 Å². The summed E-state index contributed by atoms with van der Waals surface area (Å²) in [6.45, 7) is 2.78. The summed E-state index contributed by atoms with van der Waals surface area (Å²) in [6.07, 6.45) is 2.02. The molecule has 1 N–H and O–H groups in total. The van der Waals surface area contributed by atoms with E-state index in [9.17, 15) is 4.79 Å². The van der Waals surface area contributed by atoms with Crippen LogP contribution in [-0.2, 0) is 0 Å². The molecule has 0 saturated carbocycles. The fourth-order valence-corrected chi connectivity index (χ4v) is 2.53. The molecular weight excluding hydrogens is 298 g/mol. The van der Waals surface area contributed by atoms with Gasteiger partial charge in [-0.15, -0.1) is 0 Å². The van der Waals surface area contributed by atoms with Crippen LogP contribution in [0.5, 0.6) is 0 Å². The van der Waals surface area contributed by atoms with Crippen molar-refractivity contribution in [1.29, 1.82) is 0 Å². The molecule has 1 amide bonds. The molecule has 0 saturated heterocycles. The molecule has 0 aliphatic rings. The van der Waals surface area contributed by atoms with Gasteiger partial charge in [-0.3, -0.25) is 4.79 Å². The maximum atomic E-state index is 12.6. The first-order valence-electron chi connectivity index (χ1n) is 8.28. The third-order valence-electron chi connectivity index (χ3n) is 3.83. The molecule has 24 heavy (non-hydrogen) atoms. The van der Waals surface area contributed by atoms with E-state index in [4.69, 9.17) is 0 Å². The Kier molecular flexibility index (Phi) is 5.06. The Morgan fingerprint density at radius 3 is 2.38 bits per heavy atom. The second-order valence-electron chi connectivity index (χ2n) is 5.64. The first kappa shape index (κ1) is 16.0. The van der Waals surface area contributed by atoms with Crippen LogP contribution in [0, 0.1) is 0 Å². The summed E-state index contributed by atoms with van der Waals surface area (Å²) >= 11 is 0. The van der Waals surface area contributed by atoms with Gasteiger partial charge in [0.05, 0.1) is 11.4 Å². The fourth-order valence-electron chi connectivity index (χ4n) is 2.53. The fraction of sp³-hybridized carbons (Fsp3) is 0.200. The Morgan fingerprint density at radius 1 is 1.04 bits per heavy atom. The van der Waals surface area contributed by atoms with Gasteiger partial charge in [-0.1, -0.05) is 61.9 Å². The average molecular weight is 319 g/mol. The summed E-state index contributed by atoms with van der Waals surface area (Å²) in [5.74, 6) is -0.0954. The highest BCUT2D eigenvalue weighted by molar-refractivity contribution is 5.94. The van der Waals surface area contributed by atoms with E-state index in [2.05, 4.69) is 17.3 Å². The number of nitrogens with one attached hydrogen (secondary N) is 1. The zero-order chi connectivity index (χ0) is 16.8. The van der Waals surface area contributed by atoms with Crippen LogP contribution in [0.15, 0.2) is 66.7 Å². The molecule has 4 heteroatoms. The predicted molar refractivity (Wildman–Crippen MR) is 96.2 cm³/mol. The number of carbonyl (C=O) groups excluding carboxylic acids is 1. The zero-order valence-corrected chi connectivity index (χ0v) is 13.8. The molecule has 4 nitrogen and oxygen atoms in total. The standard InChI is InChI=1S/C20H21N3O/c1-2-3-14-21-20(24)19-15-18(16-10-6-4-7-11-16)22-23(19)17-12-8-5-9-13-17/h4-13,15H,2-3,14H2,1H3,(H,21,24). The summed E-state index contributed by atoms with van der Waals surface area (Å²) in [4.78, 5) is 12.6. The number of aromatic nitrogens is 2. The van der Waals surface area contributed by atoms with E-state index in [0.717, 1.165) is 29.8 Å². The Bertz CT molecular complexity index is 794. The third kappa shape index (κ3) is 3.54. The van der Waals surface area contributed by atoms with E-state index >= 15 is 0 Å². The van der Waals surface area contributed by atoms with E-state index in [-0.39, 0.29) is 5.91 Å². The minimum atomic E-state index is -0.0954. The summed E-state index contributed by atoms with van der Waals surface area (Å²) in [6, 6.07) is 21.5. The third-order valence-corrected chi connectivity index (χ3v) is 3.83. The number of amides is 1. The highest BCUT2D eigenvalue weighted by atomic mass is 16.2. The summed E-state index contributed by atoms with van der Waals surface area (Å²) in [5, 5.41) is 7.63. The van der Waals surface area contributed by atoms with Crippen molar-refractivity contribution in [3.63, 3.8) is 0 Å². The molecule has 1 heterocycles. The molecule has 2 aromatic carbocycles. The molecule has 3 aromatic rings. The topological polar surface area (TPSA) is 46.9 Å². The van der Waals surface area contributed by atoms with Crippen LogP contribution >= 0.6 is 0 Å². The molecule has 0 radical (unpaired) electrons. The molecule has 0 fully saturated rings. The van der Waals surface area contributed by atoms with Crippen LogP contribution in [0.2, 0.25) is 0 Å². The van der Waals surface area contributed by atoms with Crippen molar-refractivity contribution in [1.82, 2.24) is 15.1 Å². The predicted octanol–water partition coefficient (Wildman–Crippen LogP) is 4.07. The van der Waals surface area contributed by atoms with E-state index in [1.54, 1.807) is 4.68 Å². The maximum Gasteiger partial charge on any atom is 0.270 e. The lowest BCUT2D eigenvalue weighted by atomic mass is 10.1. The minimum Gasteiger partial charge on any atom is -0.351 e. The number of carbonyl (C=O) groups is 1. The monoisotopic (exact) mass is 319 g/mol. The van der Waals surface area contributed by atoms with Gasteiger partial charge in [0.25, 0.3) is 5.91 Å². The normalized spacial score (nSPS) is 10.5. The van der Waals surface area contributed by atoms with E-state index in [0.29, 0.717) is 12.2 Å². The van der Waals surface area contributed by atoms with Crippen molar-refractivity contribution in [2.24, 2.45) is 0 Å². The lowest BCUT2D eigenvalue weighted by Gasteiger charge is -2.07. The SMILES string of the molecule is CCCCNC(=O)c1cc(-c2ccccc2)nn1-c1ccccc1. The lowest BCUT2D eigenvalue weighted by Crippen LogP contribution is -2.26. The Morgan fingerprint density at radius 2 is 1.71 bits per heavy atom. The molecule has 0 unspecified atom stereocenters. The van der Waals surface area contributed by atoms with Crippen molar-refractivity contribution >= 4 is 5.91 Å². The van der Waals surface area contributed by atoms with Crippen LogP contribution < -0.4 is 5.32 Å². The quantitative estimate of drug-likeness (QED) is 0.696. The highest BCUT2D eigenvalue weighted by Gasteiger charge is 2.17. The Hall–Kier alpha value is -2.88. The lowest BCUT2D eigenvalue weighted by molar-refractivity contribution is 0.0945. The Balaban J connectivity index is 1.99. The molecule has 0 atom stereocenters. The molecule has 0 aliphatic carbocycles. The summed E-state index contributed by atoms with van der Waals surface area (Å²) in [5.41, 5.74) is 3.21. The van der Waals surface area contributed by atoms with Crippen LogP contribution in [0.1, 0.15) is 30.3 Å². The number of benzene rings is 2. The summed E-state index contributed by atoms with van der Waals surface area (Å²) in [7, 11) is 0. The largest absolute Gasteiger partial charge is 0.351 e. The summed E-state index contributed by atoms with van der Waals surface area (Å²) < 4.78 is 1.71. The molecule has 0 bridgehead atoms. The molecule has 0 spiro atoms. The van der Waals surface area contributed by atoms with Crippen molar-refractivity contribution in [3.05, 3.63) is 72.4 Å². The number of nitrogens with zero attached hydrogens (tertiary/aromatic N) is 2. The van der Waals surface area contributed by atoms with Crippen molar-refractivity contribution in [2.75, 3.05) is 6.54 Å². The molecule has 3 rings (SSSR count). The molecule has 1 aromatic heterocycles. The molecule has 122 valence electrons. The van der Waals surface area contributed by atoms with Gasteiger partial charge in [0.1, 0.15) is 5.69 Å². The van der Waals surface area contributed by atoms with Crippen LogP contribution in [-0.4, -0.2) is 22.2 Å². The molecule has 0 aliphatic heterocycles. The zero-order valence-electron chi connectivity index (χ0n) is 13.8. The maximum absolute atomic E-state index is 12.6. The number of rotatable bonds is 6. The van der Waals surface area contributed by atoms with Gasteiger partial charge in [-0.25, -0.2) is 4.68 Å². The number of para-hydroxylation sites is 1. The highest BCUT2D eigenvalue weighted by Crippen LogP contribution is 2.21. The van der Waals surface area contributed by atoms with E-state index in [1.165, 1.54) is 0 Å². The van der Waals surface area contributed by atoms with Crippen molar-refractivity contribution in [2.45, 2.75) is 19.8 Å². The van der Waals surface area contributed by atoms with Gasteiger partial charge in [-0.2, -0.15) is 5.10 Å². The first-order valence-corrected chi connectivity index (χ1v) is 8.28. The van der Waals surface area contributed by atoms with Gasteiger partial charge >= 0.3 is 0 Å². The van der Waals surface area contributed by atoms with Crippen LogP contribution in [0.3, 0.4) is 0 Å². The Labute approximate surface area is 142 Å². The van der Waals surface area contributed by atoms with Gasteiger partial charge < -0.3 is 5.32 Å². The number of hydrogen-bond acceptors (Lipinski definition) is 2. The van der Waals surface area contributed by atoms with E-state index in [1.807, 2.05) is 66.7 Å².